The van der Waals surface area contributed by atoms with E-state index in [4.69, 9.17) is 9.26 Å². The third-order valence-corrected chi connectivity index (χ3v) is 4.62. The van der Waals surface area contributed by atoms with Crippen LogP contribution in [0.4, 0.5) is 0 Å². The normalized spacial score (nSPS) is 11.5. The van der Waals surface area contributed by atoms with E-state index in [0.717, 1.165) is 46.6 Å². The Morgan fingerprint density at radius 3 is 2.75 bits per heavy atom. The Balaban J connectivity index is 1.62. The SMILES string of the molecule is COc1ccc(-c2nc(-c3ccc4c(c3)nnn4CCN(C)C)no2)c(C)c1. The first kappa shape index (κ1) is 18.1. The number of aryl methyl sites for hydroxylation is 1. The molecule has 0 aliphatic carbocycles. The molecule has 4 aromatic rings. The molecule has 28 heavy (non-hydrogen) atoms. The van der Waals surface area contributed by atoms with Gasteiger partial charge in [0, 0.05) is 17.7 Å². The zero-order chi connectivity index (χ0) is 19.7. The molecule has 0 amide bonds. The Labute approximate surface area is 162 Å². The quantitative estimate of drug-likeness (QED) is 0.510. The molecule has 0 bridgehead atoms. The van der Waals surface area contributed by atoms with E-state index < -0.39 is 0 Å². The predicted octanol–water partition coefficient (Wildman–Crippen LogP) is 3.03. The lowest BCUT2D eigenvalue weighted by Gasteiger charge is -2.09. The summed E-state index contributed by atoms with van der Waals surface area (Å²) in [5, 5.41) is 12.7. The Kier molecular flexibility index (Phi) is 4.79. The Hall–Kier alpha value is -3.26. The summed E-state index contributed by atoms with van der Waals surface area (Å²) in [6, 6.07) is 11.6. The molecular weight excluding hydrogens is 356 g/mol. The summed E-state index contributed by atoms with van der Waals surface area (Å²) < 4.78 is 12.6. The van der Waals surface area contributed by atoms with Crippen molar-refractivity contribution in [2.45, 2.75) is 13.5 Å². The van der Waals surface area contributed by atoms with Crippen molar-refractivity contribution >= 4 is 11.0 Å². The molecule has 4 rings (SSSR count). The van der Waals surface area contributed by atoms with Gasteiger partial charge in [-0.15, -0.1) is 5.10 Å². The number of nitrogens with zero attached hydrogens (tertiary/aromatic N) is 6. The summed E-state index contributed by atoms with van der Waals surface area (Å²) in [5.74, 6) is 1.80. The van der Waals surface area contributed by atoms with Crippen LogP contribution in [-0.2, 0) is 6.54 Å². The van der Waals surface area contributed by atoms with Crippen LogP contribution in [0.15, 0.2) is 40.9 Å². The minimum Gasteiger partial charge on any atom is -0.497 e. The minimum atomic E-state index is 0.477. The fourth-order valence-electron chi connectivity index (χ4n) is 3.02. The summed E-state index contributed by atoms with van der Waals surface area (Å²) in [5.41, 5.74) is 4.53. The number of ether oxygens (including phenoxy) is 1. The van der Waals surface area contributed by atoms with Gasteiger partial charge in [0.2, 0.25) is 5.82 Å². The van der Waals surface area contributed by atoms with Crippen LogP contribution in [0, 0.1) is 6.92 Å². The zero-order valence-electron chi connectivity index (χ0n) is 16.4. The van der Waals surface area contributed by atoms with Crippen LogP contribution in [0.25, 0.3) is 33.9 Å². The van der Waals surface area contributed by atoms with Crippen LogP contribution < -0.4 is 4.74 Å². The first-order valence-corrected chi connectivity index (χ1v) is 9.02. The lowest BCUT2D eigenvalue weighted by atomic mass is 10.1. The van der Waals surface area contributed by atoms with Crippen molar-refractivity contribution < 1.29 is 9.26 Å². The highest BCUT2D eigenvalue weighted by atomic mass is 16.5. The van der Waals surface area contributed by atoms with Crippen molar-refractivity contribution in [3.63, 3.8) is 0 Å². The van der Waals surface area contributed by atoms with Gasteiger partial charge < -0.3 is 14.2 Å². The number of hydrogen-bond acceptors (Lipinski definition) is 7. The van der Waals surface area contributed by atoms with Crippen molar-refractivity contribution in [1.29, 1.82) is 0 Å². The molecule has 0 aliphatic heterocycles. The van der Waals surface area contributed by atoms with Gasteiger partial charge in [0.15, 0.2) is 0 Å². The van der Waals surface area contributed by atoms with Crippen molar-refractivity contribution in [2.75, 3.05) is 27.7 Å². The molecule has 2 heterocycles. The highest BCUT2D eigenvalue weighted by Crippen LogP contribution is 2.28. The van der Waals surface area contributed by atoms with Crippen molar-refractivity contribution in [3.05, 3.63) is 42.0 Å². The van der Waals surface area contributed by atoms with E-state index in [1.54, 1.807) is 7.11 Å². The third-order valence-electron chi connectivity index (χ3n) is 4.62. The molecule has 0 radical (unpaired) electrons. The summed E-state index contributed by atoms with van der Waals surface area (Å²) in [4.78, 5) is 6.67. The Morgan fingerprint density at radius 2 is 2.00 bits per heavy atom. The highest BCUT2D eigenvalue weighted by Gasteiger charge is 2.15. The summed E-state index contributed by atoms with van der Waals surface area (Å²) in [6.45, 7) is 3.67. The van der Waals surface area contributed by atoms with E-state index in [1.807, 2.05) is 62.1 Å². The average molecular weight is 378 g/mol. The fraction of sp³-hybridized carbons (Fsp3) is 0.300. The molecule has 2 aromatic heterocycles. The molecule has 8 heteroatoms. The molecule has 0 N–H and O–H groups in total. The third kappa shape index (κ3) is 3.46. The van der Waals surface area contributed by atoms with Gasteiger partial charge in [0.1, 0.15) is 11.3 Å². The van der Waals surface area contributed by atoms with Gasteiger partial charge in [0.25, 0.3) is 5.89 Å². The van der Waals surface area contributed by atoms with E-state index in [-0.39, 0.29) is 0 Å². The number of aromatic nitrogens is 5. The molecule has 0 aliphatic rings. The zero-order valence-corrected chi connectivity index (χ0v) is 16.4. The van der Waals surface area contributed by atoms with Crippen molar-refractivity contribution in [1.82, 2.24) is 30.0 Å². The number of hydrogen-bond donors (Lipinski definition) is 0. The van der Waals surface area contributed by atoms with Gasteiger partial charge in [-0.25, -0.2) is 4.68 Å². The molecule has 0 fully saturated rings. The van der Waals surface area contributed by atoms with Gasteiger partial charge in [0.05, 0.1) is 19.2 Å². The molecule has 2 aromatic carbocycles. The molecule has 0 unspecified atom stereocenters. The minimum absolute atomic E-state index is 0.477. The van der Waals surface area contributed by atoms with Gasteiger partial charge in [-0.1, -0.05) is 10.4 Å². The second kappa shape index (κ2) is 7.40. The average Bonchev–Trinajstić information content (AvgIpc) is 3.33. The number of methoxy groups -OCH3 is 1. The smallest absolute Gasteiger partial charge is 0.258 e. The second-order valence-electron chi connectivity index (χ2n) is 6.92. The molecule has 0 atom stereocenters. The van der Waals surface area contributed by atoms with E-state index in [1.165, 1.54) is 0 Å². The Morgan fingerprint density at radius 1 is 1.14 bits per heavy atom. The molecular formula is C20H22N6O2. The van der Waals surface area contributed by atoms with Gasteiger partial charge >= 0.3 is 0 Å². The number of fused-ring (bicyclic) bond motifs is 1. The number of benzene rings is 2. The number of likely N-dealkylation sites (N-methyl/N-ethyl adjacent to an activating group) is 1. The topological polar surface area (TPSA) is 82.1 Å². The van der Waals surface area contributed by atoms with Gasteiger partial charge in [-0.3, -0.25) is 0 Å². The summed E-state index contributed by atoms with van der Waals surface area (Å²) >= 11 is 0. The molecule has 144 valence electrons. The molecule has 0 saturated carbocycles. The summed E-state index contributed by atoms with van der Waals surface area (Å²) in [7, 11) is 5.72. The molecule has 0 spiro atoms. The maximum absolute atomic E-state index is 5.49. The molecule has 0 saturated heterocycles. The van der Waals surface area contributed by atoms with E-state index in [9.17, 15) is 0 Å². The van der Waals surface area contributed by atoms with Crippen molar-refractivity contribution in [3.8, 4) is 28.6 Å². The van der Waals surface area contributed by atoms with E-state index in [2.05, 4.69) is 25.4 Å². The fourth-order valence-corrected chi connectivity index (χ4v) is 3.02. The van der Waals surface area contributed by atoms with E-state index in [0.29, 0.717) is 11.7 Å². The van der Waals surface area contributed by atoms with Crippen LogP contribution in [0.1, 0.15) is 5.56 Å². The maximum atomic E-state index is 5.49. The number of rotatable bonds is 6. The maximum Gasteiger partial charge on any atom is 0.258 e. The summed E-state index contributed by atoms with van der Waals surface area (Å²) in [6.07, 6.45) is 0. The first-order valence-electron chi connectivity index (χ1n) is 9.02. The highest BCUT2D eigenvalue weighted by molar-refractivity contribution is 5.80. The van der Waals surface area contributed by atoms with Crippen LogP contribution in [0.3, 0.4) is 0 Å². The Bertz CT molecular complexity index is 1120. The monoisotopic (exact) mass is 378 g/mol. The van der Waals surface area contributed by atoms with Crippen LogP contribution >= 0.6 is 0 Å². The van der Waals surface area contributed by atoms with Crippen LogP contribution in [0.5, 0.6) is 5.75 Å². The molecule has 8 nitrogen and oxygen atoms in total. The standard InChI is InChI=1S/C20H22N6O2/c1-13-11-15(27-4)6-7-16(13)20-21-19(23-28-20)14-5-8-18-17(12-14)22-24-26(18)10-9-25(2)3/h5-8,11-12H,9-10H2,1-4H3. The predicted molar refractivity (Wildman–Crippen MR) is 106 cm³/mol. The second-order valence-corrected chi connectivity index (χ2v) is 6.92. The lowest BCUT2D eigenvalue weighted by Crippen LogP contribution is -2.18. The van der Waals surface area contributed by atoms with Gasteiger partial charge in [-0.05, 0) is 63.0 Å². The van der Waals surface area contributed by atoms with Crippen LogP contribution in [0.2, 0.25) is 0 Å². The van der Waals surface area contributed by atoms with Crippen molar-refractivity contribution in [2.24, 2.45) is 0 Å². The first-order chi connectivity index (χ1) is 13.5. The van der Waals surface area contributed by atoms with Gasteiger partial charge in [-0.2, -0.15) is 4.98 Å². The van der Waals surface area contributed by atoms with Crippen LogP contribution in [-0.4, -0.2) is 57.8 Å². The lowest BCUT2D eigenvalue weighted by molar-refractivity contribution is 0.374. The van der Waals surface area contributed by atoms with E-state index >= 15 is 0 Å². The largest absolute Gasteiger partial charge is 0.497 e.